The molecule has 1 atom stereocenters. The second kappa shape index (κ2) is 8.41. The van der Waals surface area contributed by atoms with Crippen LogP contribution in [-0.2, 0) is 9.59 Å². The van der Waals surface area contributed by atoms with Crippen LogP contribution in [0.1, 0.15) is 36.0 Å². The van der Waals surface area contributed by atoms with Crippen LogP contribution in [0.4, 0.5) is 0 Å². The van der Waals surface area contributed by atoms with Crippen molar-refractivity contribution >= 4 is 17.5 Å². The number of Topliss-reactive ketones (excluding diaryl/α,β-unsaturated/α-hetero) is 2. The molecule has 2 aromatic rings. The highest BCUT2D eigenvalue weighted by atomic mass is 16.2. The lowest BCUT2D eigenvalue weighted by molar-refractivity contribution is -0.131. The largest absolute Gasteiger partial charge is 0.352 e. The van der Waals surface area contributed by atoms with Crippen molar-refractivity contribution in [2.75, 3.05) is 0 Å². The van der Waals surface area contributed by atoms with E-state index < -0.39 is 17.6 Å². The van der Waals surface area contributed by atoms with Crippen LogP contribution in [0.5, 0.6) is 0 Å². The quantitative estimate of drug-likeness (QED) is 0.578. The molecule has 1 aliphatic carbocycles. The Balaban J connectivity index is 1.56. The van der Waals surface area contributed by atoms with Crippen LogP contribution in [0, 0.1) is 17.2 Å². The summed E-state index contributed by atoms with van der Waals surface area (Å²) < 4.78 is 0. The van der Waals surface area contributed by atoms with Gasteiger partial charge in [-0.3, -0.25) is 14.4 Å². The van der Waals surface area contributed by atoms with E-state index in [9.17, 15) is 14.4 Å². The van der Waals surface area contributed by atoms with Crippen LogP contribution >= 0.6 is 0 Å². The second-order valence-electron chi connectivity index (χ2n) is 6.68. The predicted octanol–water partition coefficient (Wildman–Crippen LogP) is 3.30. The first-order valence-corrected chi connectivity index (χ1v) is 9.00. The van der Waals surface area contributed by atoms with Gasteiger partial charge in [-0.1, -0.05) is 54.6 Å². The van der Waals surface area contributed by atoms with Crippen molar-refractivity contribution in [3.63, 3.8) is 0 Å². The van der Waals surface area contributed by atoms with E-state index in [1.54, 1.807) is 18.2 Å². The molecule has 0 saturated heterocycles. The van der Waals surface area contributed by atoms with Crippen LogP contribution < -0.4 is 5.32 Å². The zero-order chi connectivity index (χ0) is 19.2. The number of hydrogen-bond acceptors (Lipinski definition) is 4. The standard InChI is InChI=1S/C22H20N2O3/c23-14-19(22(27)24-18-10-11-18)21(26)13-12-20(25)17-8-6-16(7-9-17)15-4-2-1-3-5-15/h1-9,18-19H,10-13H2,(H,24,27)/t19-/m0/s1. The summed E-state index contributed by atoms with van der Waals surface area (Å²) in [7, 11) is 0. The highest BCUT2D eigenvalue weighted by Gasteiger charge is 2.31. The summed E-state index contributed by atoms with van der Waals surface area (Å²) in [5.74, 6) is -2.57. The number of carbonyl (C=O) groups excluding carboxylic acids is 3. The predicted molar refractivity (Wildman–Crippen MR) is 101 cm³/mol. The molecular weight excluding hydrogens is 340 g/mol. The Morgan fingerprint density at radius 2 is 1.59 bits per heavy atom. The fourth-order valence-electron chi connectivity index (χ4n) is 2.79. The summed E-state index contributed by atoms with van der Waals surface area (Å²) in [6, 6.07) is 18.9. The van der Waals surface area contributed by atoms with E-state index in [4.69, 9.17) is 5.26 Å². The van der Waals surface area contributed by atoms with Crippen LogP contribution in [-0.4, -0.2) is 23.5 Å². The van der Waals surface area contributed by atoms with E-state index in [1.165, 1.54) is 0 Å². The van der Waals surface area contributed by atoms with Gasteiger partial charge in [-0.2, -0.15) is 5.26 Å². The summed E-state index contributed by atoms with van der Waals surface area (Å²) in [5, 5.41) is 11.8. The smallest absolute Gasteiger partial charge is 0.245 e. The van der Waals surface area contributed by atoms with Gasteiger partial charge in [0.15, 0.2) is 17.5 Å². The van der Waals surface area contributed by atoms with Gasteiger partial charge in [0, 0.05) is 24.4 Å². The van der Waals surface area contributed by atoms with E-state index in [0.717, 1.165) is 24.0 Å². The third-order valence-corrected chi connectivity index (χ3v) is 4.55. The first-order valence-electron chi connectivity index (χ1n) is 9.00. The summed E-state index contributed by atoms with van der Waals surface area (Å²) in [4.78, 5) is 36.4. The zero-order valence-electron chi connectivity index (χ0n) is 14.9. The molecule has 0 aliphatic heterocycles. The van der Waals surface area contributed by atoms with Crippen LogP contribution in [0.25, 0.3) is 11.1 Å². The summed E-state index contributed by atoms with van der Waals surface area (Å²) in [5.41, 5.74) is 2.58. The monoisotopic (exact) mass is 360 g/mol. The Hall–Kier alpha value is -3.26. The van der Waals surface area contributed by atoms with E-state index in [0.29, 0.717) is 5.56 Å². The lowest BCUT2D eigenvalue weighted by Gasteiger charge is -2.08. The van der Waals surface area contributed by atoms with E-state index in [-0.39, 0.29) is 24.7 Å². The maximum absolute atomic E-state index is 12.3. The minimum Gasteiger partial charge on any atom is -0.352 e. The van der Waals surface area contributed by atoms with Crippen LogP contribution in [0.15, 0.2) is 54.6 Å². The van der Waals surface area contributed by atoms with Crippen molar-refractivity contribution in [1.29, 1.82) is 5.26 Å². The summed E-state index contributed by atoms with van der Waals surface area (Å²) in [6.07, 6.45) is 1.64. The minimum atomic E-state index is -1.33. The van der Waals surface area contributed by atoms with Gasteiger partial charge in [0.05, 0.1) is 6.07 Å². The van der Waals surface area contributed by atoms with E-state index in [2.05, 4.69) is 5.32 Å². The fraction of sp³-hybridized carbons (Fsp3) is 0.273. The molecule has 2 aromatic carbocycles. The van der Waals surface area contributed by atoms with Gasteiger partial charge in [0.25, 0.3) is 0 Å². The van der Waals surface area contributed by atoms with Crippen molar-refractivity contribution in [3.05, 3.63) is 60.2 Å². The molecule has 0 bridgehead atoms. The molecule has 1 amide bonds. The van der Waals surface area contributed by atoms with Gasteiger partial charge in [-0.25, -0.2) is 0 Å². The number of ketones is 2. The summed E-state index contributed by atoms with van der Waals surface area (Å²) >= 11 is 0. The van der Waals surface area contributed by atoms with Crippen molar-refractivity contribution in [1.82, 2.24) is 5.32 Å². The zero-order valence-corrected chi connectivity index (χ0v) is 14.9. The topological polar surface area (TPSA) is 87.0 Å². The average molecular weight is 360 g/mol. The number of hydrogen-bond donors (Lipinski definition) is 1. The Bertz CT molecular complexity index is 878. The lowest BCUT2D eigenvalue weighted by atomic mass is 9.96. The van der Waals surface area contributed by atoms with Crippen molar-refractivity contribution in [3.8, 4) is 17.2 Å². The molecule has 27 heavy (non-hydrogen) atoms. The van der Waals surface area contributed by atoms with E-state index >= 15 is 0 Å². The maximum Gasteiger partial charge on any atom is 0.245 e. The molecule has 0 heterocycles. The normalized spacial score (nSPS) is 14.0. The highest BCUT2D eigenvalue weighted by Crippen LogP contribution is 2.21. The first kappa shape index (κ1) is 18.5. The van der Waals surface area contributed by atoms with Gasteiger partial charge >= 0.3 is 0 Å². The van der Waals surface area contributed by atoms with Crippen molar-refractivity contribution < 1.29 is 14.4 Å². The third kappa shape index (κ3) is 4.89. The molecule has 1 fully saturated rings. The molecule has 3 rings (SSSR count). The minimum absolute atomic E-state index is 0.0155. The average Bonchev–Trinajstić information content (AvgIpc) is 3.51. The molecule has 0 radical (unpaired) electrons. The molecule has 5 nitrogen and oxygen atoms in total. The summed E-state index contributed by atoms with van der Waals surface area (Å²) in [6.45, 7) is 0. The Morgan fingerprint density at radius 3 is 2.19 bits per heavy atom. The Kier molecular flexibility index (Phi) is 5.77. The maximum atomic E-state index is 12.3. The van der Waals surface area contributed by atoms with E-state index in [1.807, 2.05) is 42.5 Å². The highest BCUT2D eigenvalue weighted by molar-refractivity contribution is 6.06. The van der Waals surface area contributed by atoms with Crippen LogP contribution in [0.2, 0.25) is 0 Å². The molecule has 5 heteroatoms. The van der Waals surface area contributed by atoms with Gasteiger partial charge in [0.1, 0.15) is 0 Å². The molecule has 136 valence electrons. The Morgan fingerprint density at radius 1 is 0.963 bits per heavy atom. The van der Waals surface area contributed by atoms with Gasteiger partial charge in [-0.05, 0) is 24.0 Å². The number of amides is 1. The Labute approximate surface area is 158 Å². The number of nitrogens with zero attached hydrogens (tertiary/aromatic N) is 1. The molecule has 0 aromatic heterocycles. The molecule has 1 saturated carbocycles. The molecular formula is C22H20N2O3. The third-order valence-electron chi connectivity index (χ3n) is 4.55. The number of carbonyl (C=O) groups is 3. The van der Waals surface area contributed by atoms with Gasteiger partial charge in [0.2, 0.25) is 5.91 Å². The number of nitriles is 1. The van der Waals surface area contributed by atoms with Crippen molar-refractivity contribution in [2.24, 2.45) is 5.92 Å². The first-order chi connectivity index (χ1) is 13.1. The SMILES string of the molecule is N#C[C@@H](C(=O)CCC(=O)c1ccc(-c2ccccc2)cc1)C(=O)NC1CC1. The molecule has 0 unspecified atom stereocenters. The number of rotatable bonds is 8. The van der Waals surface area contributed by atoms with Crippen molar-refractivity contribution in [2.45, 2.75) is 31.7 Å². The number of nitrogens with one attached hydrogen (secondary N) is 1. The van der Waals surface area contributed by atoms with Gasteiger partial charge in [-0.15, -0.1) is 0 Å². The molecule has 1 N–H and O–H groups in total. The lowest BCUT2D eigenvalue weighted by Crippen LogP contribution is -2.36. The fourth-order valence-corrected chi connectivity index (χ4v) is 2.79. The van der Waals surface area contributed by atoms with Gasteiger partial charge < -0.3 is 5.32 Å². The number of benzene rings is 2. The van der Waals surface area contributed by atoms with Crippen LogP contribution in [0.3, 0.4) is 0 Å². The molecule has 1 aliphatic rings. The second-order valence-corrected chi connectivity index (χ2v) is 6.68. The molecule has 0 spiro atoms.